The van der Waals surface area contributed by atoms with Gasteiger partial charge < -0.3 is 29.3 Å². The first kappa shape index (κ1) is 32.1. The van der Waals surface area contributed by atoms with Gasteiger partial charge in [-0.15, -0.1) is 13.2 Å². The summed E-state index contributed by atoms with van der Waals surface area (Å²) >= 11 is 0. The fourth-order valence-corrected chi connectivity index (χ4v) is 7.96. The molecule has 2 unspecified atom stereocenters. The number of hydrogen-bond acceptors (Lipinski definition) is 7. The molecule has 244 valence electrons. The molecule has 0 radical (unpaired) electrons. The van der Waals surface area contributed by atoms with E-state index in [0.29, 0.717) is 56.9 Å². The molecule has 4 aliphatic rings. The summed E-state index contributed by atoms with van der Waals surface area (Å²) in [5.41, 5.74) is 0.221. The molecule has 0 aromatic heterocycles. The number of likely N-dealkylation sites (tertiary alicyclic amines) is 1. The summed E-state index contributed by atoms with van der Waals surface area (Å²) in [6, 6.07) is 16.8. The molecule has 6 rings (SSSR count). The van der Waals surface area contributed by atoms with Crippen LogP contribution in [-0.2, 0) is 23.9 Å². The molecule has 2 aromatic carbocycles. The maximum Gasteiger partial charge on any atom is 0.248 e. The van der Waals surface area contributed by atoms with Crippen LogP contribution in [0, 0.1) is 11.8 Å². The van der Waals surface area contributed by atoms with E-state index in [9.17, 15) is 19.5 Å². The van der Waals surface area contributed by atoms with E-state index in [1.54, 1.807) is 22.0 Å². The molecule has 0 saturated carbocycles. The Kier molecular flexibility index (Phi) is 9.70. The van der Waals surface area contributed by atoms with Crippen LogP contribution in [0.15, 0.2) is 86.0 Å². The number of para-hydroxylation sites is 1. The molecule has 2 bridgehead atoms. The molecule has 4 saturated heterocycles. The minimum Gasteiger partial charge on any atom is -0.394 e. The Morgan fingerprint density at radius 1 is 1.00 bits per heavy atom. The van der Waals surface area contributed by atoms with Crippen LogP contribution in [0.5, 0.6) is 0 Å². The first-order chi connectivity index (χ1) is 22.4. The third kappa shape index (κ3) is 5.68. The Balaban J connectivity index is 1.39. The summed E-state index contributed by atoms with van der Waals surface area (Å²) < 4.78 is 12.3. The van der Waals surface area contributed by atoms with Gasteiger partial charge >= 0.3 is 0 Å². The fraction of sp³-hybridized carbons (Fsp3) is 0.472. The van der Waals surface area contributed by atoms with E-state index in [2.05, 4.69) is 18.1 Å². The smallest absolute Gasteiger partial charge is 0.248 e. The zero-order chi connectivity index (χ0) is 32.3. The van der Waals surface area contributed by atoms with Crippen molar-refractivity contribution in [2.24, 2.45) is 11.8 Å². The van der Waals surface area contributed by atoms with E-state index in [0.717, 1.165) is 13.1 Å². The second-order valence-corrected chi connectivity index (χ2v) is 12.5. The van der Waals surface area contributed by atoms with Gasteiger partial charge in [-0.2, -0.15) is 0 Å². The van der Waals surface area contributed by atoms with E-state index in [-0.39, 0.29) is 30.9 Å². The molecular formula is C36H44N4O6. The molecule has 46 heavy (non-hydrogen) atoms. The van der Waals surface area contributed by atoms with Gasteiger partial charge in [0.05, 0.1) is 43.8 Å². The number of hydrogen-bond donors (Lipinski definition) is 1. The summed E-state index contributed by atoms with van der Waals surface area (Å²) in [4.78, 5) is 51.3. The van der Waals surface area contributed by atoms with Crippen molar-refractivity contribution in [3.8, 4) is 0 Å². The van der Waals surface area contributed by atoms with Crippen molar-refractivity contribution in [1.29, 1.82) is 0 Å². The van der Waals surface area contributed by atoms with Crippen LogP contribution in [0.2, 0.25) is 0 Å². The molecule has 4 aliphatic heterocycles. The highest BCUT2D eigenvalue weighted by atomic mass is 16.5. The van der Waals surface area contributed by atoms with Crippen LogP contribution in [0.1, 0.15) is 24.4 Å². The van der Waals surface area contributed by atoms with Crippen molar-refractivity contribution < 1.29 is 29.0 Å². The van der Waals surface area contributed by atoms with Gasteiger partial charge in [-0.1, -0.05) is 60.7 Å². The molecule has 10 heteroatoms. The number of rotatable bonds is 13. The Hall–Kier alpha value is -3.83. The molecular weight excluding hydrogens is 584 g/mol. The monoisotopic (exact) mass is 628 g/mol. The third-order valence-electron chi connectivity index (χ3n) is 10.0. The Morgan fingerprint density at radius 2 is 1.67 bits per heavy atom. The van der Waals surface area contributed by atoms with Crippen LogP contribution in [0.4, 0.5) is 5.69 Å². The van der Waals surface area contributed by atoms with E-state index in [1.807, 2.05) is 60.7 Å². The van der Waals surface area contributed by atoms with Crippen LogP contribution >= 0.6 is 0 Å². The quantitative estimate of drug-likeness (QED) is 0.341. The standard InChI is InChI=1S/C36H44N4O6/c1-3-17-38(20-19-37-21-23-45-24-22-37)35(44)32-36-16-15-29(46-36)30(33(42)39(18-4-2)27-13-9-6-10-14-27)31(36)34(43)40(32)28(25-41)26-11-7-5-8-12-26/h3-14,28-32,41H,1-2,15-25H2/t28-,29-,30+,31+,32?,36?/m1/s1. The van der Waals surface area contributed by atoms with Crippen molar-refractivity contribution in [1.82, 2.24) is 14.7 Å². The van der Waals surface area contributed by atoms with E-state index < -0.39 is 35.6 Å². The van der Waals surface area contributed by atoms with Gasteiger partial charge in [0.15, 0.2) is 0 Å². The van der Waals surface area contributed by atoms with Crippen LogP contribution in [0.3, 0.4) is 0 Å². The number of anilines is 1. The minimum atomic E-state index is -1.20. The number of morpholine rings is 1. The average Bonchev–Trinajstić information content (AvgIpc) is 3.74. The van der Waals surface area contributed by atoms with Gasteiger partial charge in [0.1, 0.15) is 11.6 Å². The number of benzene rings is 2. The van der Waals surface area contributed by atoms with Gasteiger partial charge in [0.2, 0.25) is 17.7 Å². The van der Waals surface area contributed by atoms with Gasteiger partial charge in [-0.3, -0.25) is 19.3 Å². The molecule has 10 nitrogen and oxygen atoms in total. The normalized spacial score (nSPS) is 27.7. The number of amides is 3. The van der Waals surface area contributed by atoms with Crippen LogP contribution in [-0.4, -0.2) is 114 Å². The first-order valence-corrected chi connectivity index (χ1v) is 16.3. The van der Waals surface area contributed by atoms with Crippen molar-refractivity contribution in [3.63, 3.8) is 0 Å². The lowest BCUT2D eigenvalue weighted by atomic mass is 9.70. The Bertz CT molecular complexity index is 1420. The predicted molar refractivity (Wildman–Crippen MR) is 174 cm³/mol. The van der Waals surface area contributed by atoms with Gasteiger partial charge in [0.25, 0.3) is 0 Å². The van der Waals surface area contributed by atoms with Crippen molar-refractivity contribution in [2.75, 3.05) is 64.0 Å². The largest absolute Gasteiger partial charge is 0.394 e. The number of nitrogens with zero attached hydrogens (tertiary/aromatic N) is 4. The van der Waals surface area contributed by atoms with Crippen LogP contribution < -0.4 is 4.90 Å². The predicted octanol–water partition coefficient (Wildman–Crippen LogP) is 2.66. The summed E-state index contributed by atoms with van der Waals surface area (Å²) in [7, 11) is 0. The van der Waals surface area contributed by atoms with E-state index in [1.165, 1.54) is 4.90 Å². The average molecular weight is 629 g/mol. The minimum absolute atomic E-state index is 0.223. The third-order valence-corrected chi connectivity index (χ3v) is 10.0. The number of carbonyl (C=O) groups is 3. The molecule has 4 fully saturated rings. The molecule has 1 spiro atoms. The molecule has 1 N–H and O–H groups in total. The molecule has 0 aliphatic carbocycles. The van der Waals surface area contributed by atoms with E-state index in [4.69, 9.17) is 9.47 Å². The lowest BCUT2D eigenvalue weighted by Gasteiger charge is -2.40. The topological polar surface area (TPSA) is 103 Å². The zero-order valence-corrected chi connectivity index (χ0v) is 26.3. The van der Waals surface area contributed by atoms with Gasteiger partial charge in [0, 0.05) is 45.0 Å². The SMILES string of the molecule is C=CCN(CCN1CCOCC1)C(=O)C1N([C@H](CO)c2ccccc2)C(=O)[C@@H]2[C@@H](C(=O)N(CC=C)c3ccccc3)[C@H]3CCC12O3. The molecule has 6 atom stereocenters. The Labute approximate surface area is 270 Å². The highest BCUT2D eigenvalue weighted by Gasteiger charge is 2.75. The van der Waals surface area contributed by atoms with Gasteiger partial charge in [-0.25, -0.2) is 0 Å². The lowest BCUT2D eigenvalue weighted by molar-refractivity contribution is -0.151. The molecule has 4 heterocycles. The highest BCUT2D eigenvalue weighted by molar-refractivity contribution is 6.03. The zero-order valence-electron chi connectivity index (χ0n) is 26.3. The highest BCUT2D eigenvalue weighted by Crippen LogP contribution is 2.60. The number of aliphatic hydroxyl groups excluding tert-OH is 1. The number of aliphatic hydroxyl groups is 1. The van der Waals surface area contributed by atoms with Crippen LogP contribution in [0.25, 0.3) is 0 Å². The summed E-state index contributed by atoms with van der Waals surface area (Å²) in [6.07, 6.45) is 3.89. The second kappa shape index (κ2) is 13.9. The maximum absolute atomic E-state index is 14.8. The van der Waals surface area contributed by atoms with Crippen molar-refractivity contribution in [2.45, 2.75) is 36.6 Å². The van der Waals surface area contributed by atoms with Crippen molar-refractivity contribution >= 4 is 23.4 Å². The maximum atomic E-state index is 14.8. The second-order valence-electron chi connectivity index (χ2n) is 12.5. The molecule has 2 aromatic rings. The summed E-state index contributed by atoms with van der Waals surface area (Å²) in [5, 5.41) is 10.8. The first-order valence-electron chi connectivity index (χ1n) is 16.3. The summed E-state index contributed by atoms with van der Waals surface area (Å²) in [5.74, 6) is -2.46. The number of ether oxygens (including phenoxy) is 2. The van der Waals surface area contributed by atoms with Crippen molar-refractivity contribution in [3.05, 3.63) is 91.5 Å². The number of carbonyl (C=O) groups excluding carboxylic acids is 3. The molecule has 3 amide bonds. The summed E-state index contributed by atoms with van der Waals surface area (Å²) in [6.45, 7) is 11.9. The fourth-order valence-electron chi connectivity index (χ4n) is 7.96. The number of fused-ring (bicyclic) bond motifs is 1. The lowest BCUT2D eigenvalue weighted by Crippen LogP contribution is -2.58. The van der Waals surface area contributed by atoms with E-state index >= 15 is 0 Å². The Morgan fingerprint density at radius 3 is 2.33 bits per heavy atom. The van der Waals surface area contributed by atoms with Gasteiger partial charge in [-0.05, 0) is 30.5 Å².